The van der Waals surface area contributed by atoms with Gasteiger partial charge in [0.15, 0.2) is 5.11 Å². The van der Waals surface area contributed by atoms with Crippen molar-refractivity contribution < 1.29 is 0 Å². The fourth-order valence-corrected chi connectivity index (χ4v) is 2.78. The minimum atomic E-state index is 0.390. The lowest BCUT2D eigenvalue weighted by Gasteiger charge is -2.11. The molecule has 128 valence electrons. The van der Waals surface area contributed by atoms with E-state index in [2.05, 4.69) is 20.7 Å². The van der Waals surface area contributed by atoms with Crippen molar-refractivity contribution in [1.82, 2.24) is 14.8 Å². The van der Waals surface area contributed by atoms with Gasteiger partial charge in [0.05, 0.1) is 6.54 Å². The lowest BCUT2D eigenvalue weighted by atomic mass is 10.2. The van der Waals surface area contributed by atoms with Crippen LogP contribution in [0.15, 0.2) is 48.8 Å². The van der Waals surface area contributed by atoms with Crippen LogP contribution in [0.4, 0.5) is 11.6 Å². The molecule has 0 amide bonds. The number of nitrogens with zero attached hydrogens (tertiary/aromatic N) is 3. The standard InChI is InChI=1S/C17H15Cl2N5S/c1-11-6-7-13(18)8-15(11)21-17(25)22-16-20-10-24(23-16)9-12-4-2-3-5-14(12)19/h2-8,10H,9H2,1H3,(H2,21,22,23,25). The van der Waals surface area contributed by atoms with Gasteiger partial charge in [-0.1, -0.05) is 47.5 Å². The van der Waals surface area contributed by atoms with Crippen LogP contribution >= 0.6 is 35.4 Å². The van der Waals surface area contributed by atoms with Crippen LogP contribution in [-0.2, 0) is 6.54 Å². The summed E-state index contributed by atoms with van der Waals surface area (Å²) in [6.07, 6.45) is 1.62. The number of anilines is 2. The van der Waals surface area contributed by atoms with Crippen LogP contribution in [0.1, 0.15) is 11.1 Å². The third-order valence-corrected chi connectivity index (χ3v) is 4.31. The molecule has 8 heteroatoms. The summed E-state index contributed by atoms with van der Waals surface area (Å²) in [5, 5.41) is 12.1. The Balaban J connectivity index is 1.64. The first-order valence-corrected chi connectivity index (χ1v) is 8.65. The third kappa shape index (κ3) is 4.69. The Morgan fingerprint density at radius 1 is 1.16 bits per heavy atom. The molecule has 2 aromatic carbocycles. The molecule has 3 aromatic rings. The fourth-order valence-electron chi connectivity index (χ4n) is 2.21. The van der Waals surface area contributed by atoms with Crippen LogP contribution < -0.4 is 10.6 Å². The molecule has 5 nitrogen and oxygen atoms in total. The minimum Gasteiger partial charge on any atom is -0.332 e. The average molecular weight is 392 g/mol. The van der Waals surface area contributed by atoms with E-state index < -0.39 is 0 Å². The number of halogens is 2. The first kappa shape index (κ1) is 17.7. The molecule has 3 rings (SSSR count). The maximum absolute atomic E-state index is 6.16. The Kier molecular flexibility index (Phi) is 5.53. The molecule has 0 atom stereocenters. The topological polar surface area (TPSA) is 54.8 Å². The summed E-state index contributed by atoms with van der Waals surface area (Å²) in [6.45, 7) is 2.50. The number of nitrogens with one attached hydrogen (secondary N) is 2. The second-order valence-electron chi connectivity index (χ2n) is 5.40. The van der Waals surface area contributed by atoms with Crippen LogP contribution in [0.2, 0.25) is 10.0 Å². The van der Waals surface area contributed by atoms with Crippen molar-refractivity contribution in [1.29, 1.82) is 0 Å². The Labute approximate surface area is 161 Å². The van der Waals surface area contributed by atoms with E-state index in [-0.39, 0.29) is 0 Å². The molecular formula is C17H15Cl2N5S. The van der Waals surface area contributed by atoms with E-state index in [1.54, 1.807) is 11.0 Å². The van der Waals surface area contributed by atoms with Crippen molar-refractivity contribution in [3.8, 4) is 0 Å². The highest BCUT2D eigenvalue weighted by atomic mass is 35.5. The van der Waals surface area contributed by atoms with Gasteiger partial charge < -0.3 is 5.32 Å². The number of hydrogen-bond acceptors (Lipinski definition) is 3. The van der Waals surface area contributed by atoms with Gasteiger partial charge in [0, 0.05) is 15.7 Å². The van der Waals surface area contributed by atoms with E-state index in [0.29, 0.717) is 27.7 Å². The molecule has 0 bridgehead atoms. The van der Waals surface area contributed by atoms with Gasteiger partial charge >= 0.3 is 0 Å². The van der Waals surface area contributed by atoms with E-state index in [0.717, 1.165) is 16.8 Å². The van der Waals surface area contributed by atoms with Crippen molar-refractivity contribution in [2.24, 2.45) is 0 Å². The van der Waals surface area contributed by atoms with Crippen LogP contribution in [0.3, 0.4) is 0 Å². The van der Waals surface area contributed by atoms with Gasteiger partial charge in [0.2, 0.25) is 5.95 Å². The minimum absolute atomic E-state index is 0.390. The molecule has 2 N–H and O–H groups in total. The summed E-state index contributed by atoms with van der Waals surface area (Å²) in [5.74, 6) is 0.407. The van der Waals surface area contributed by atoms with Gasteiger partial charge in [-0.15, -0.1) is 5.10 Å². The summed E-state index contributed by atoms with van der Waals surface area (Å²) >= 11 is 17.5. The van der Waals surface area contributed by atoms with Crippen molar-refractivity contribution in [3.63, 3.8) is 0 Å². The largest absolute Gasteiger partial charge is 0.332 e. The van der Waals surface area contributed by atoms with Gasteiger partial charge in [0.25, 0.3) is 0 Å². The van der Waals surface area contributed by atoms with E-state index in [1.807, 2.05) is 49.4 Å². The number of benzene rings is 2. The van der Waals surface area contributed by atoms with Crippen LogP contribution in [-0.4, -0.2) is 19.9 Å². The molecule has 0 radical (unpaired) electrons. The van der Waals surface area contributed by atoms with Crippen molar-refractivity contribution in [2.75, 3.05) is 10.6 Å². The predicted molar refractivity (Wildman–Crippen MR) is 107 cm³/mol. The summed E-state index contributed by atoms with van der Waals surface area (Å²) in [4.78, 5) is 4.21. The van der Waals surface area contributed by atoms with Gasteiger partial charge in [-0.3, -0.25) is 5.32 Å². The first-order chi connectivity index (χ1) is 12.0. The lowest BCUT2D eigenvalue weighted by Crippen LogP contribution is -2.20. The summed E-state index contributed by atoms with van der Waals surface area (Å²) in [7, 11) is 0. The van der Waals surface area contributed by atoms with E-state index in [9.17, 15) is 0 Å². The molecule has 25 heavy (non-hydrogen) atoms. The fraction of sp³-hybridized carbons (Fsp3) is 0.118. The molecule has 0 aliphatic rings. The molecule has 0 spiro atoms. The summed E-state index contributed by atoms with van der Waals surface area (Å²) in [6, 6.07) is 13.2. The number of aromatic nitrogens is 3. The van der Waals surface area contributed by atoms with Gasteiger partial charge in [-0.25, -0.2) is 9.67 Å². The highest BCUT2D eigenvalue weighted by Crippen LogP contribution is 2.20. The van der Waals surface area contributed by atoms with Crippen LogP contribution in [0, 0.1) is 6.92 Å². The zero-order chi connectivity index (χ0) is 17.8. The lowest BCUT2D eigenvalue weighted by molar-refractivity contribution is 0.687. The average Bonchev–Trinajstić information content (AvgIpc) is 3.00. The Morgan fingerprint density at radius 3 is 2.76 bits per heavy atom. The quantitative estimate of drug-likeness (QED) is 0.628. The van der Waals surface area contributed by atoms with Crippen LogP contribution in [0.25, 0.3) is 0 Å². The highest BCUT2D eigenvalue weighted by Gasteiger charge is 2.07. The normalized spacial score (nSPS) is 10.5. The van der Waals surface area contributed by atoms with Crippen LogP contribution in [0.5, 0.6) is 0 Å². The zero-order valence-corrected chi connectivity index (χ0v) is 15.7. The number of thiocarbonyl (C=S) groups is 1. The Hall–Kier alpha value is -2.15. The molecular weight excluding hydrogens is 377 g/mol. The predicted octanol–water partition coefficient (Wildman–Crippen LogP) is 4.75. The van der Waals surface area contributed by atoms with Gasteiger partial charge in [-0.2, -0.15) is 0 Å². The molecule has 0 unspecified atom stereocenters. The van der Waals surface area contributed by atoms with E-state index in [1.165, 1.54) is 0 Å². The molecule has 0 aliphatic carbocycles. The molecule has 1 aromatic heterocycles. The maximum Gasteiger partial charge on any atom is 0.248 e. The molecule has 0 saturated heterocycles. The second kappa shape index (κ2) is 7.82. The smallest absolute Gasteiger partial charge is 0.248 e. The Morgan fingerprint density at radius 2 is 1.96 bits per heavy atom. The monoisotopic (exact) mass is 391 g/mol. The third-order valence-electron chi connectivity index (χ3n) is 3.50. The van der Waals surface area contributed by atoms with E-state index >= 15 is 0 Å². The second-order valence-corrected chi connectivity index (χ2v) is 6.65. The first-order valence-electron chi connectivity index (χ1n) is 7.48. The van der Waals surface area contributed by atoms with Gasteiger partial charge in [0.1, 0.15) is 6.33 Å². The molecule has 1 heterocycles. The van der Waals surface area contributed by atoms with Gasteiger partial charge in [-0.05, 0) is 48.5 Å². The SMILES string of the molecule is Cc1ccc(Cl)cc1NC(=S)Nc1ncn(Cc2ccccc2Cl)n1. The van der Waals surface area contributed by atoms with Crippen molar-refractivity contribution >= 4 is 52.2 Å². The Bertz CT molecular complexity index is 910. The molecule has 0 saturated carbocycles. The molecule has 0 fully saturated rings. The highest BCUT2D eigenvalue weighted by molar-refractivity contribution is 7.80. The van der Waals surface area contributed by atoms with Crippen molar-refractivity contribution in [3.05, 3.63) is 70.0 Å². The summed E-state index contributed by atoms with van der Waals surface area (Å²) < 4.78 is 1.69. The maximum atomic E-state index is 6.16. The number of rotatable bonds is 4. The summed E-state index contributed by atoms with van der Waals surface area (Å²) in [5.41, 5.74) is 2.84. The van der Waals surface area contributed by atoms with E-state index in [4.69, 9.17) is 35.4 Å². The number of aryl methyl sites for hydroxylation is 1. The van der Waals surface area contributed by atoms with Crippen molar-refractivity contribution in [2.45, 2.75) is 13.5 Å². The molecule has 0 aliphatic heterocycles. The zero-order valence-electron chi connectivity index (χ0n) is 13.3. The number of hydrogen-bond donors (Lipinski definition) is 2.